The molecule has 0 atom stereocenters. The Hall–Kier alpha value is -1.10. The largest absolute Gasteiger partial charge is 0.350 e. The average Bonchev–Trinajstić information content (AvgIpc) is 2.34. The SMILES string of the molecule is CC(C)(C)N1CCC(=O)Nc2cc(Br)cnc21. The van der Waals surface area contributed by atoms with E-state index in [0.717, 1.165) is 16.0 Å². The van der Waals surface area contributed by atoms with Crippen molar-refractivity contribution in [1.82, 2.24) is 4.98 Å². The molecule has 0 bridgehead atoms. The number of hydrogen-bond donors (Lipinski definition) is 1. The van der Waals surface area contributed by atoms with Gasteiger partial charge in [-0.25, -0.2) is 4.98 Å². The van der Waals surface area contributed by atoms with E-state index in [0.29, 0.717) is 13.0 Å². The van der Waals surface area contributed by atoms with Crippen molar-refractivity contribution in [2.24, 2.45) is 0 Å². The van der Waals surface area contributed by atoms with Crippen molar-refractivity contribution in [3.05, 3.63) is 16.7 Å². The van der Waals surface area contributed by atoms with Crippen LogP contribution in [0, 0.1) is 0 Å². The maximum absolute atomic E-state index is 11.6. The number of pyridine rings is 1. The van der Waals surface area contributed by atoms with Gasteiger partial charge in [-0.05, 0) is 42.8 Å². The smallest absolute Gasteiger partial charge is 0.226 e. The van der Waals surface area contributed by atoms with Gasteiger partial charge in [-0.15, -0.1) is 0 Å². The van der Waals surface area contributed by atoms with Crippen LogP contribution in [0.2, 0.25) is 0 Å². The highest BCUT2D eigenvalue weighted by atomic mass is 79.9. The summed E-state index contributed by atoms with van der Waals surface area (Å²) in [5, 5.41) is 2.89. The predicted molar refractivity (Wildman–Crippen MR) is 72.3 cm³/mol. The number of aromatic nitrogens is 1. The van der Waals surface area contributed by atoms with Crippen molar-refractivity contribution in [3.8, 4) is 0 Å². The van der Waals surface area contributed by atoms with Crippen LogP contribution < -0.4 is 10.2 Å². The van der Waals surface area contributed by atoms with Crippen molar-refractivity contribution >= 4 is 33.3 Å². The second-order valence-electron chi connectivity index (χ2n) is 5.15. The molecular weight excluding hydrogens is 282 g/mol. The van der Waals surface area contributed by atoms with Crippen LogP contribution in [0.5, 0.6) is 0 Å². The Morgan fingerprint density at radius 2 is 2.18 bits per heavy atom. The number of nitrogens with zero attached hydrogens (tertiary/aromatic N) is 2. The van der Waals surface area contributed by atoms with Gasteiger partial charge in [-0.3, -0.25) is 4.79 Å². The zero-order valence-electron chi connectivity index (χ0n) is 10.2. The molecule has 92 valence electrons. The second-order valence-corrected chi connectivity index (χ2v) is 6.06. The molecule has 0 saturated carbocycles. The minimum atomic E-state index is -0.0537. The number of rotatable bonds is 0. The maximum Gasteiger partial charge on any atom is 0.226 e. The van der Waals surface area contributed by atoms with Gasteiger partial charge in [-0.1, -0.05) is 0 Å². The van der Waals surface area contributed by atoms with E-state index in [2.05, 4.69) is 51.9 Å². The number of hydrogen-bond acceptors (Lipinski definition) is 3. The molecule has 0 radical (unpaired) electrons. The zero-order chi connectivity index (χ0) is 12.6. The molecule has 0 unspecified atom stereocenters. The topological polar surface area (TPSA) is 45.2 Å². The summed E-state index contributed by atoms with van der Waals surface area (Å²) in [5.74, 6) is 0.879. The van der Waals surface area contributed by atoms with Gasteiger partial charge in [0.05, 0.1) is 5.69 Å². The van der Waals surface area contributed by atoms with Crippen LogP contribution >= 0.6 is 15.9 Å². The number of anilines is 2. The third kappa shape index (κ3) is 2.60. The minimum absolute atomic E-state index is 0.0397. The normalized spacial score (nSPS) is 16.2. The van der Waals surface area contributed by atoms with Crippen LogP contribution in [0.25, 0.3) is 0 Å². The van der Waals surface area contributed by atoms with E-state index in [4.69, 9.17) is 0 Å². The fourth-order valence-electron chi connectivity index (χ4n) is 1.92. The third-order valence-electron chi connectivity index (χ3n) is 2.74. The number of carbonyl (C=O) groups excluding carboxylic acids is 1. The number of carbonyl (C=O) groups is 1. The average molecular weight is 298 g/mol. The molecule has 1 N–H and O–H groups in total. The first-order valence-electron chi connectivity index (χ1n) is 5.61. The van der Waals surface area contributed by atoms with Crippen LogP contribution in [0.1, 0.15) is 27.2 Å². The van der Waals surface area contributed by atoms with Crippen LogP contribution in [-0.4, -0.2) is 23.0 Å². The van der Waals surface area contributed by atoms with Gasteiger partial charge in [0.2, 0.25) is 5.91 Å². The molecule has 17 heavy (non-hydrogen) atoms. The molecule has 1 amide bonds. The molecule has 2 heterocycles. The van der Waals surface area contributed by atoms with E-state index in [1.165, 1.54) is 0 Å². The first kappa shape index (κ1) is 12.4. The van der Waals surface area contributed by atoms with E-state index in [9.17, 15) is 4.79 Å². The lowest BCUT2D eigenvalue weighted by molar-refractivity contribution is -0.116. The van der Waals surface area contributed by atoms with E-state index in [-0.39, 0.29) is 11.4 Å². The highest BCUT2D eigenvalue weighted by Gasteiger charge is 2.28. The van der Waals surface area contributed by atoms with Crippen molar-refractivity contribution in [2.45, 2.75) is 32.7 Å². The summed E-state index contributed by atoms with van der Waals surface area (Å²) in [6.45, 7) is 7.06. The van der Waals surface area contributed by atoms with Crippen LogP contribution in [-0.2, 0) is 4.79 Å². The summed E-state index contributed by atoms with van der Waals surface area (Å²) in [6, 6.07) is 1.89. The lowest BCUT2D eigenvalue weighted by Gasteiger charge is -2.36. The molecule has 1 aromatic heterocycles. The van der Waals surface area contributed by atoms with Gasteiger partial charge in [0.25, 0.3) is 0 Å². The van der Waals surface area contributed by atoms with Gasteiger partial charge in [0.15, 0.2) is 5.82 Å². The fourth-order valence-corrected chi connectivity index (χ4v) is 2.26. The minimum Gasteiger partial charge on any atom is -0.350 e. The first-order chi connectivity index (χ1) is 7.88. The monoisotopic (exact) mass is 297 g/mol. The first-order valence-corrected chi connectivity index (χ1v) is 6.40. The lowest BCUT2D eigenvalue weighted by atomic mass is 10.1. The van der Waals surface area contributed by atoms with E-state index < -0.39 is 0 Å². The van der Waals surface area contributed by atoms with Crippen molar-refractivity contribution in [2.75, 3.05) is 16.8 Å². The maximum atomic E-state index is 11.6. The number of nitrogens with one attached hydrogen (secondary N) is 1. The number of amides is 1. The summed E-state index contributed by atoms with van der Waals surface area (Å²) in [4.78, 5) is 18.2. The van der Waals surface area contributed by atoms with Gasteiger partial charge in [0, 0.05) is 29.2 Å². The van der Waals surface area contributed by atoms with E-state index in [1.54, 1.807) is 6.20 Å². The highest BCUT2D eigenvalue weighted by Crippen LogP contribution is 2.33. The number of halogens is 1. The Morgan fingerprint density at radius 1 is 1.47 bits per heavy atom. The van der Waals surface area contributed by atoms with Crippen LogP contribution in [0.3, 0.4) is 0 Å². The zero-order valence-corrected chi connectivity index (χ0v) is 11.8. The second kappa shape index (κ2) is 4.29. The molecule has 1 aromatic rings. The summed E-state index contributed by atoms with van der Waals surface area (Å²) in [7, 11) is 0. The predicted octanol–water partition coefficient (Wildman–Crippen LogP) is 2.79. The molecule has 4 nitrogen and oxygen atoms in total. The van der Waals surface area contributed by atoms with E-state index in [1.807, 2.05) is 6.07 Å². The molecule has 5 heteroatoms. The van der Waals surface area contributed by atoms with Gasteiger partial charge < -0.3 is 10.2 Å². The Kier molecular flexibility index (Phi) is 3.12. The molecule has 1 aliphatic rings. The molecule has 0 spiro atoms. The quantitative estimate of drug-likeness (QED) is 0.801. The highest BCUT2D eigenvalue weighted by molar-refractivity contribution is 9.10. The van der Waals surface area contributed by atoms with Crippen molar-refractivity contribution in [3.63, 3.8) is 0 Å². The molecular formula is C12H16BrN3O. The Balaban J connectivity index is 2.50. The molecule has 0 fully saturated rings. The molecule has 0 saturated heterocycles. The Bertz CT molecular complexity index is 454. The Labute approximate surface area is 110 Å². The van der Waals surface area contributed by atoms with Gasteiger partial charge >= 0.3 is 0 Å². The van der Waals surface area contributed by atoms with Crippen molar-refractivity contribution in [1.29, 1.82) is 0 Å². The van der Waals surface area contributed by atoms with Crippen molar-refractivity contribution < 1.29 is 4.79 Å². The summed E-state index contributed by atoms with van der Waals surface area (Å²) < 4.78 is 0.868. The van der Waals surface area contributed by atoms with E-state index >= 15 is 0 Å². The van der Waals surface area contributed by atoms with Crippen LogP contribution in [0.15, 0.2) is 16.7 Å². The standard InChI is InChI=1S/C12H16BrN3O/c1-12(2,3)16-5-4-10(17)15-9-6-8(13)7-14-11(9)16/h6-7H,4-5H2,1-3H3,(H,15,17). The van der Waals surface area contributed by atoms with Crippen LogP contribution in [0.4, 0.5) is 11.5 Å². The summed E-state index contributed by atoms with van der Waals surface area (Å²) >= 11 is 3.37. The Morgan fingerprint density at radius 3 is 2.82 bits per heavy atom. The lowest BCUT2D eigenvalue weighted by Crippen LogP contribution is -2.42. The molecule has 2 rings (SSSR count). The third-order valence-corrected chi connectivity index (χ3v) is 3.17. The van der Waals surface area contributed by atoms with Gasteiger partial charge in [-0.2, -0.15) is 0 Å². The molecule has 0 aliphatic carbocycles. The molecule has 0 aromatic carbocycles. The fraction of sp³-hybridized carbons (Fsp3) is 0.500. The summed E-state index contributed by atoms with van der Waals surface area (Å²) in [5.41, 5.74) is 0.721. The molecule has 1 aliphatic heterocycles. The summed E-state index contributed by atoms with van der Waals surface area (Å²) in [6.07, 6.45) is 2.25. The number of fused-ring (bicyclic) bond motifs is 1. The van der Waals surface area contributed by atoms with Gasteiger partial charge in [0.1, 0.15) is 0 Å².